The molecule has 0 saturated carbocycles. The molecule has 0 atom stereocenters. The molecule has 0 spiro atoms. The van der Waals surface area contributed by atoms with Gasteiger partial charge in [0.15, 0.2) is 11.5 Å². The number of ether oxygens (including phenoxy) is 2. The number of ketones is 1. The highest BCUT2D eigenvalue weighted by Crippen LogP contribution is 2.39. The van der Waals surface area contributed by atoms with Crippen LogP contribution in [-0.4, -0.2) is 20.0 Å². The molecule has 0 heterocycles. The number of methoxy groups -OCH3 is 2. The van der Waals surface area contributed by atoms with Crippen LogP contribution in [0.5, 0.6) is 11.5 Å². The van der Waals surface area contributed by atoms with Crippen molar-refractivity contribution in [2.45, 2.75) is 13.3 Å². The number of halogens is 2. The molecule has 0 aliphatic rings. The van der Waals surface area contributed by atoms with E-state index >= 15 is 0 Å². The summed E-state index contributed by atoms with van der Waals surface area (Å²) in [6.07, 6.45) is -0.0152. The Bertz CT molecular complexity index is 418. The van der Waals surface area contributed by atoms with Crippen LogP contribution >= 0.6 is 15.9 Å². The molecule has 0 unspecified atom stereocenters. The van der Waals surface area contributed by atoms with Gasteiger partial charge in [0.2, 0.25) is 0 Å². The summed E-state index contributed by atoms with van der Waals surface area (Å²) in [6, 6.07) is 1.26. The van der Waals surface area contributed by atoms with Gasteiger partial charge in [-0.05, 0) is 28.9 Å². The zero-order valence-corrected chi connectivity index (χ0v) is 10.9. The topological polar surface area (TPSA) is 35.5 Å². The first-order valence-electron chi connectivity index (χ1n) is 4.59. The molecule has 5 heteroatoms. The molecular formula is C11H12BrFO3. The van der Waals surface area contributed by atoms with Gasteiger partial charge >= 0.3 is 0 Å². The second kappa shape index (κ2) is 5.30. The lowest BCUT2D eigenvalue weighted by Gasteiger charge is -2.14. The Hall–Kier alpha value is -1.10. The number of rotatable bonds is 4. The van der Waals surface area contributed by atoms with Gasteiger partial charge in [0.25, 0.3) is 0 Å². The van der Waals surface area contributed by atoms with Crippen molar-refractivity contribution in [3.8, 4) is 11.5 Å². The number of Topliss-reactive ketones (excluding diaryl/α,β-unsaturated/α-hetero) is 1. The summed E-state index contributed by atoms with van der Waals surface area (Å²) in [7, 11) is 2.87. The fourth-order valence-corrected chi connectivity index (χ4v) is 1.98. The van der Waals surface area contributed by atoms with Crippen LogP contribution in [0, 0.1) is 5.82 Å². The lowest BCUT2D eigenvalue weighted by Crippen LogP contribution is -2.04. The second-order valence-electron chi connectivity index (χ2n) is 3.26. The standard InChI is InChI=1S/C11H12BrFO3/c1-6(14)4-7-9(13)5-8(12)11(16-3)10(7)15-2/h5H,4H2,1-3H3. The summed E-state index contributed by atoms with van der Waals surface area (Å²) < 4.78 is 24.3. The number of carbonyl (C=O) groups is 1. The van der Waals surface area contributed by atoms with E-state index in [4.69, 9.17) is 9.47 Å². The maximum absolute atomic E-state index is 13.7. The Kier molecular flexibility index (Phi) is 4.29. The lowest BCUT2D eigenvalue weighted by atomic mass is 10.1. The minimum atomic E-state index is -0.486. The van der Waals surface area contributed by atoms with E-state index in [-0.39, 0.29) is 23.5 Å². The van der Waals surface area contributed by atoms with E-state index < -0.39 is 5.82 Å². The highest BCUT2D eigenvalue weighted by molar-refractivity contribution is 9.10. The molecule has 0 fully saturated rings. The third-order valence-corrected chi connectivity index (χ3v) is 2.66. The average Bonchev–Trinajstić information content (AvgIpc) is 2.20. The SMILES string of the molecule is COc1c(Br)cc(F)c(CC(C)=O)c1OC. The van der Waals surface area contributed by atoms with E-state index in [0.717, 1.165) is 0 Å². The van der Waals surface area contributed by atoms with Crippen molar-refractivity contribution in [1.82, 2.24) is 0 Å². The van der Waals surface area contributed by atoms with Crippen molar-refractivity contribution in [2.24, 2.45) is 0 Å². The third-order valence-electron chi connectivity index (χ3n) is 2.07. The smallest absolute Gasteiger partial charge is 0.175 e. The quantitative estimate of drug-likeness (QED) is 0.855. The van der Waals surface area contributed by atoms with Crippen molar-refractivity contribution >= 4 is 21.7 Å². The molecule has 0 amide bonds. The second-order valence-corrected chi connectivity index (χ2v) is 4.12. The predicted molar refractivity (Wildman–Crippen MR) is 61.6 cm³/mol. The fraction of sp³-hybridized carbons (Fsp3) is 0.364. The normalized spacial score (nSPS) is 10.1. The van der Waals surface area contributed by atoms with Gasteiger partial charge in [-0.15, -0.1) is 0 Å². The van der Waals surface area contributed by atoms with E-state index in [2.05, 4.69) is 15.9 Å². The Morgan fingerprint density at radius 1 is 1.38 bits per heavy atom. The molecule has 0 saturated heterocycles. The number of carbonyl (C=O) groups excluding carboxylic acids is 1. The van der Waals surface area contributed by atoms with Gasteiger partial charge in [0.1, 0.15) is 11.6 Å². The van der Waals surface area contributed by atoms with E-state index in [1.165, 1.54) is 27.2 Å². The van der Waals surface area contributed by atoms with Crippen molar-refractivity contribution in [1.29, 1.82) is 0 Å². The van der Waals surface area contributed by atoms with Crippen molar-refractivity contribution in [3.63, 3.8) is 0 Å². The van der Waals surface area contributed by atoms with Gasteiger partial charge in [-0.3, -0.25) is 4.79 Å². The van der Waals surface area contributed by atoms with Crippen LogP contribution in [0.3, 0.4) is 0 Å². The molecule has 0 aromatic heterocycles. The average molecular weight is 291 g/mol. The molecule has 88 valence electrons. The maximum atomic E-state index is 13.7. The first kappa shape index (κ1) is 13.0. The Morgan fingerprint density at radius 3 is 2.38 bits per heavy atom. The zero-order chi connectivity index (χ0) is 12.3. The summed E-state index contributed by atoms with van der Waals surface area (Å²) in [5, 5.41) is 0. The zero-order valence-electron chi connectivity index (χ0n) is 9.27. The monoisotopic (exact) mass is 290 g/mol. The van der Waals surface area contributed by atoms with E-state index in [0.29, 0.717) is 10.2 Å². The number of hydrogen-bond donors (Lipinski definition) is 0. The highest BCUT2D eigenvalue weighted by atomic mass is 79.9. The summed E-state index contributed by atoms with van der Waals surface area (Å²) in [5.41, 5.74) is 0.218. The molecular weight excluding hydrogens is 279 g/mol. The maximum Gasteiger partial charge on any atom is 0.175 e. The van der Waals surface area contributed by atoms with Gasteiger partial charge in [0.05, 0.1) is 18.7 Å². The summed E-state index contributed by atoms with van der Waals surface area (Å²) in [6.45, 7) is 1.40. The molecule has 3 nitrogen and oxygen atoms in total. The molecule has 0 bridgehead atoms. The van der Waals surface area contributed by atoms with Gasteiger partial charge in [-0.1, -0.05) is 0 Å². The van der Waals surface area contributed by atoms with Crippen LogP contribution in [0.1, 0.15) is 12.5 Å². The third kappa shape index (κ3) is 2.52. The highest BCUT2D eigenvalue weighted by Gasteiger charge is 2.19. The van der Waals surface area contributed by atoms with Crippen molar-refractivity contribution in [3.05, 3.63) is 21.9 Å². The van der Waals surface area contributed by atoms with Gasteiger partial charge in [-0.25, -0.2) is 4.39 Å². The largest absolute Gasteiger partial charge is 0.492 e. The summed E-state index contributed by atoms with van der Waals surface area (Å²) in [5.74, 6) is 0.0195. The van der Waals surface area contributed by atoms with Crippen LogP contribution in [0.25, 0.3) is 0 Å². The van der Waals surface area contributed by atoms with Crippen molar-refractivity contribution < 1.29 is 18.7 Å². The van der Waals surface area contributed by atoms with Gasteiger partial charge in [-0.2, -0.15) is 0 Å². The lowest BCUT2D eigenvalue weighted by molar-refractivity contribution is -0.116. The van der Waals surface area contributed by atoms with Gasteiger partial charge < -0.3 is 9.47 Å². The van der Waals surface area contributed by atoms with Crippen LogP contribution in [0.4, 0.5) is 4.39 Å². The molecule has 0 aliphatic heterocycles. The first-order chi connectivity index (χ1) is 7.51. The van der Waals surface area contributed by atoms with E-state index in [1.807, 2.05) is 0 Å². The van der Waals surface area contributed by atoms with Crippen LogP contribution in [0.15, 0.2) is 10.5 Å². The molecule has 1 rings (SSSR count). The number of hydrogen-bond acceptors (Lipinski definition) is 3. The van der Waals surface area contributed by atoms with Crippen LogP contribution < -0.4 is 9.47 Å². The fourth-order valence-electron chi connectivity index (χ4n) is 1.44. The minimum Gasteiger partial charge on any atom is -0.492 e. The molecule has 1 aromatic rings. The molecule has 0 N–H and O–H groups in total. The molecule has 1 aromatic carbocycles. The Morgan fingerprint density at radius 2 is 1.94 bits per heavy atom. The summed E-state index contributed by atoms with van der Waals surface area (Å²) >= 11 is 3.17. The number of benzene rings is 1. The predicted octanol–water partition coefficient (Wildman–Crippen LogP) is 2.74. The first-order valence-corrected chi connectivity index (χ1v) is 5.38. The van der Waals surface area contributed by atoms with Crippen LogP contribution in [-0.2, 0) is 11.2 Å². The molecule has 16 heavy (non-hydrogen) atoms. The van der Waals surface area contributed by atoms with E-state index in [9.17, 15) is 9.18 Å². The molecule has 0 aliphatic carbocycles. The van der Waals surface area contributed by atoms with Gasteiger partial charge in [0, 0.05) is 12.0 Å². The van der Waals surface area contributed by atoms with E-state index in [1.54, 1.807) is 0 Å². The Labute approximate surface area is 102 Å². The summed E-state index contributed by atoms with van der Waals surface area (Å²) in [4.78, 5) is 11.0. The van der Waals surface area contributed by atoms with Crippen LogP contribution in [0.2, 0.25) is 0 Å². The Balaban J connectivity index is 3.39. The minimum absolute atomic E-state index is 0.0152. The molecule has 0 radical (unpaired) electrons. The van der Waals surface area contributed by atoms with Crippen molar-refractivity contribution in [2.75, 3.05) is 14.2 Å².